The van der Waals surface area contributed by atoms with Gasteiger partial charge in [-0.25, -0.2) is 0 Å². The number of nitriles is 1. The number of nitrogens with zero attached hydrogens (tertiary/aromatic N) is 4. The summed E-state index contributed by atoms with van der Waals surface area (Å²) in [6.07, 6.45) is 1.53. The molecule has 0 atom stereocenters. The van der Waals surface area contributed by atoms with E-state index >= 15 is 0 Å². The first kappa shape index (κ1) is 15.8. The zero-order valence-electron chi connectivity index (χ0n) is 13.5. The number of carbonyl (C=O) groups excluding carboxylic acids is 1. The Balaban J connectivity index is 1.45. The van der Waals surface area contributed by atoms with Crippen molar-refractivity contribution in [2.45, 2.75) is 5.92 Å². The van der Waals surface area contributed by atoms with Crippen molar-refractivity contribution in [1.82, 2.24) is 20.0 Å². The minimum absolute atomic E-state index is 0.0675. The standard InChI is InChI=1S/C18H13N5O3/c19-8-11-3-1-4-12(7-11)18(25)23-9-13(10-23)17-21-15(22-26-17)14-5-2-6-20-16(14)24/h1-7,13H,9-10H2,(H,20,24). The molecule has 4 rings (SSSR count). The second-order valence-electron chi connectivity index (χ2n) is 5.97. The number of carbonyl (C=O) groups is 1. The summed E-state index contributed by atoms with van der Waals surface area (Å²) in [5.41, 5.74) is 0.970. The normalized spacial score (nSPS) is 13.9. The predicted octanol–water partition coefficient (Wildman–Crippen LogP) is 1.54. The van der Waals surface area contributed by atoms with Gasteiger partial charge in [0.2, 0.25) is 11.7 Å². The van der Waals surface area contributed by atoms with E-state index < -0.39 is 0 Å². The van der Waals surface area contributed by atoms with Crippen LogP contribution in [0.3, 0.4) is 0 Å². The highest BCUT2D eigenvalue weighted by Crippen LogP contribution is 2.28. The first-order valence-electron chi connectivity index (χ1n) is 7.97. The minimum Gasteiger partial charge on any atom is -0.339 e. The van der Waals surface area contributed by atoms with Crippen molar-refractivity contribution in [1.29, 1.82) is 5.26 Å². The second-order valence-corrected chi connectivity index (χ2v) is 5.97. The highest BCUT2D eigenvalue weighted by Gasteiger charge is 2.36. The Hall–Kier alpha value is -3.73. The fourth-order valence-electron chi connectivity index (χ4n) is 2.81. The number of likely N-dealkylation sites (tertiary alicyclic amines) is 1. The first-order chi connectivity index (χ1) is 12.7. The summed E-state index contributed by atoms with van der Waals surface area (Å²) in [4.78, 5) is 32.7. The molecule has 8 heteroatoms. The SMILES string of the molecule is N#Cc1cccc(C(=O)N2CC(c3nc(-c4ccc[nH]c4=O)no3)C2)c1. The van der Waals surface area contributed by atoms with Gasteiger partial charge in [-0.2, -0.15) is 10.2 Å². The van der Waals surface area contributed by atoms with Crippen LogP contribution in [0.25, 0.3) is 11.4 Å². The van der Waals surface area contributed by atoms with Crippen LogP contribution in [-0.4, -0.2) is 39.0 Å². The van der Waals surface area contributed by atoms with Gasteiger partial charge in [0.1, 0.15) is 0 Å². The Morgan fingerprint density at radius 2 is 2.15 bits per heavy atom. The number of aromatic amines is 1. The number of hydrogen-bond acceptors (Lipinski definition) is 6. The van der Waals surface area contributed by atoms with Crippen molar-refractivity contribution in [3.8, 4) is 17.5 Å². The Labute approximate surface area is 147 Å². The van der Waals surface area contributed by atoms with Gasteiger partial charge in [-0.1, -0.05) is 11.2 Å². The molecule has 1 fully saturated rings. The molecule has 2 aromatic heterocycles. The van der Waals surface area contributed by atoms with Gasteiger partial charge in [-0.15, -0.1) is 0 Å². The predicted molar refractivity (Wildman–Crippen MR) is 90.2 cm³/mol. The van der Waals surface area contributed by atoms with Crippen LogP contribution < -0.4 is 5.56 Å². The lowest BCUT2D eigenvalue weighted by Crippen LogP contribution is -2.48. The topological polar surface area (TPSA) is 116 Å². The van der Waals surface area contributed by atoms with Crippen LogP contribution >= 0.6 is 0 Å². The molecule has 1 amide bonds. The smallest absolute Gasteiger partial charge is 0.259 e. The molecular weight excluding hydrogens is 334 g/mol. The lowest BCUT2D eigenvalue weighted by molar-refractivity contribution is 0.0569. The summed E-state index contributed by atoms with van der Waals surface area (Å²) >= 11 is 0. The molecule has 1 aromatic carbocycles. The molecule has 0 bridgehead atoms. The van der Waals surface area contributed by atoms with Crippen molar-refractivity contribution in [2.75, 3.05) is 13.1 Å². The minimum atomic E-state index is -0.289. The molecule has 128 valence electrons. The van der Waals surface area contributed by atoms with E-state index in [0.29, 0.717) is 35.7 Å². The van der Waals surface area contributed by atoms with Crippen LogP contribution in [0.2, 0.25) is 0 Å². The van der Waals surface area contributed by atoms with E-state index in [1.165, 1.54) is 6.20 Å². The van der Waals surface area contributed by atoms with Crippen molar-refractivity contribution >= 4 is 5.91 Å². The van der Waals surface area contributed by atoms with Gasteiger partial charge in [0.15, 0.2) is 0 Å². The summed E-state index contributed by atoms with van der Waals surface area (Å²) in [6, 6.07) is 11.9. The molecule has 1 N–H and O–H groups in total. The van der Waals surface area contributed by atoms with E-state index in [1.54, 1.807) is 41.3 Å². The number of aromatic nitrogens is 3. The van der Waals surface area contributed by atoms with Crippen LogP contribution in [0.4, 0.5) is 0 Å². The van der Waals surface area contributed by atoms with Crippen molar-refractivity contribution in [3.05, 3.63) is 70.0 Å². The van der Waals surface area contributed by atoms with Gasteiger partial charge in [0.05, 0.1) is 23.1 Å². The summed E-state index contributed by atoms with van der Waals surface area (Å²) < 4.78 is 5.25. The summed E-state index contributed by atoms with van der Waals surface area (Å²) in [6.45, 7) is 0.894. The zero-order valence-corrected chi connectivity index (χ0v) is 13.5. The van der Waals surface area contributed by atoms with E-state index in [-0.39, 0.29) is 23.2 Å². The molecule has 1 aliphatic heterocycles. The maximum Gasteiger partial charge on any atom is 0.259 e. The van der Waals surface area contributed by atoms with Gasteiger partial charge in [0, 0.05) is 24.8 Å². The summed E-state index contributed by atoms with van der Waals surface area (Å²) in [5, 5.41) is 12.8. The summed E-state index contributed by atoms with van der Waals surface area (Å²) in [5.74, 6) is 0.422. The molecule has 0 radical (unpaired) electrons. The van der Waals surface area contributed by atoms with E-state index in [0.717, 1.165) is 0 Å². The maximum absolute atomic E-state index is 12.4. The number of amides is 1. The lowest BCUT2D eigenvalue weighted by Gasteiger charge is -2.37. The van der Waals surface area contributed by atoms with Crippen molar-refractivity contribution in [3.63, 3.8) is 0 Å². The first-order valence-corrected chi connectivity index (χ1v) is 7.97. The molecule has 3 aromatic rings. The molecule has 26 heavy (non-hydrogen) atoms. The van der Waals surface area contributed by atoms with E-state index in [2.05, 4.69) is 15.1 Å². The largest absolute Gasteiger partial charge is 0.339 e. The number of benzene rings is 1. The van der Waals surface area contributed by atoms with Gasteiger partial charge >= 0.3 is 0 Å². The Bertz CT molecular complexity index is 1070. The maximum atomic E-state index is 12.4. The van der Waals surface area contributed by atoms with E-state index in [1.807, 2.05) is 6.07 Å². The highest BCUT2D eigenvalue weighted by molar-refractivity contribution is 5.95. The fourth-order valence-corrected chi connectivity index (χ4v) is 2.81. The molecule has 8 nitrogen and oxygen atoms in total. The van der Waals surface area contributed by atoms with Crippen LogP contribution in [0.5, 0.6) is 0 Å². The monoisotopic (exact) mass is 347 g/mol. The van der Waals surface area contributed by atoms with Gasteiger partial charge < -0.3 is 14.4 Å². The third kappa shape index (κ3) is 2.75. The van der Waals surface area contributed by atoms with Crippen LogP contribution in [-0.2, 0) is 0 Å². The Kier molecular flexibility index (Phi) is 3.82. The molecule has 0 saturated carbocycles. The van der Waals surface area contributed by atoms with Gasteiger partial charge in [0.25, 0.3) is 11.5 Å². The average Bonchev–Trinajstić information content (AvgIpc) is 3.10. The number of H-pyrrole nitrogens is 1. The van der Waals surface area contributed by atoms with E-state index in [4.69, 9.17) is 9.78 Å². The van der Waals surface area contributed by atoms with Crippen molar-refractivity contribution in [2.24, 2.45) is 0 Å². The molecule has 0 unspecified atom stereocenters. The van der Waals surface area contributed by atoms with Gasteiger partial charge in [-0.05, 0) is 30.3 Å². The van der Waals surface area contributed by atoms with E-state index in [9.17, 15) is 9.59 Å². The van der Waals surface area contributed by atoms with Crippen molar-refractivity contribution < 1.29 is 9.32 Å². The number of pyridine rings is 1. The fraction of sp³-hybridized carbons (Fsp3) is 0.167. The van der Waals surface area contributed by atoms with Crippen LogP contribution in [0, 0.1) is 11.3 Å². The number of hydrogen-bond donors (Lipinski definition) is 1. The van der Waals surface area contributed by atoms with Gasteiger partial charge in [-0.3, -0.25) is 9.59 Å². The molecule has 1 aliphatic rings. The zero-order chi connectivity index (χ0) is 18.1. The Morgan fingerprint density at radius 1 is 1.31 bits per heavy atom. The lowest BCUT2D eigenvalue weighted by atomic mass is 9.98. The highest BCUT2D eigenvalue weighted by atomic mass is 16.5. The third-order valence-corrected chi connectivity index (χ3v) is 4.26. The molecule has 0 aliphatic carbocycles. The molecule has 3 heterocycles. The molecule has 0 spiro atoms. The number of rotatable bonds is 3. The number of nitrogens with one attached hydrogen (secondary N) is 1. The average molecular weight is 347 g/mol. The second kappa shape index (κ2) is 6.29. The Morgan fingerprint density at radius 3 is 2.92 bits per heavy atom. The third-order valence-electron chi connectivity index (χ3n) is 4.26. The van der Waals surface area contributed by atoms with Crippen LogP contribution in [0.15, 0.2) is 51.9 Å². The summed E-state index contributed by atoms with van der Waals surface area (Å²) in [7, 11) is 0. The molecule has 1 saturated heterocycles. The van der Waals surface area contributed by atoms with Crippen LogP contribution in [0.1, 0.15) is 27.7 Å². The quantitative estimate of drug-likeness (QED) is 0.768. The molecular formula is C18H13N5O3.